The molecule has 7 nitrogen and oxygen atoms in total. The van der Waals surface area contributed by atoms with Crippen molar-refractivity contribution < 1.29 is 19.0 Å². The van der Waals surface area contributed by atoms with Crippen LogP contribution in [0.15, 0.2) is 24.5 Å². The number of rotatable bonds is 4. The van der Waals surface area contributed by atoms with E-state index < -0.39 is 0 Å². The topological polar surface area (TPSA) is 82.6 Å². The van der Waals surface area contributed by atoms with Crippen LogP contribution in [-0.4, -0.2) is 28.8 Å². The minimum atomic E-state index is -0.258. The van der Waals surface area contributed by atoms with Gasteiger partial charge in [-0.05, 0) is 50.3 Å². The Morgan fingerprint density at radius 2 is 2.00 bits per heavy atom. The third-order valence-electron chi connectivity index (χ3n) is 5.37. The van der Waals surface area contributed by atoms with Gasteiger partial charge in [0, 0.05) is 11.8 Å². The summed E-state index contributed by atoms with van der Waals surface area (Å²) in [4.78, 5) is 22.9. The molecule has 3 aromatic rings. The summed E-state index contributed by atoms with van der Waals surface area (Å²) in [5.74, 6) is 1.81. The zero-order chi connectivity index (χ0) is 19.8. The Bertz CT molecular complexity index is 1080. The standard InChI is InChI=1S/C21H21N3O4S/c1-12-17-19(24-13-7-8-15-16(9-13)27-11-26-15)22-10-23-20(17)29-18(12)21(25)28-14-5-3-2-4-6-14/h7-10,14H,2-6,11H2,1H3,(H,22,23,24). The van der Waals surface area contributed by atoms with Crippen LogP contribution in [0.3, 0.4) is 0 Å². The number of nitrogens with one attached hydrogen (secondary N) is 1. The molecule has 5 rings (SSSR count). The molecule has 1 fully saturated rings. The Morgan fingerprint density at radius 3 is 2.86 bits per heavy atom. The van der Waals surface area contributed by atoms with Crippen LogP contribution in [0.1, 0.15) is 47.3 Å². The zero-order valence-electron chi connectivity index (χ0n) is 16.1. The minimum Gasteiger partial charge on any atom is -0.458 e. The lowest BCUT2D eigenvalue weighted by atomic mass is 9.98. The van der Waals surface area contributed by atoms with Crippen molar-refractivity contribution in [1.29, 1.82) is 0 Å². The number of aromatic nitrogens is 2. The van der Waals surface area contributed by atoms with Gasteiger partial charge in [-0.15, -0.1) is 11.3 Å². The maximum absolute atomic E-state index is 12.8. The second kappa shape index (κ2) is 7.51. The first-order valence-electron chi connectivity index (χ1n) is 9.81. The molecule has 1 aliphatic heterocycles. The van der Waals surface area contributed by atoms with Gasteiger partial charge in [-0.2, -0.15) is 0 Å². The van der Waals surface area contributed by atoms with Gasteiger partial charge in [-0.1, -0.05) is 6.42 Å². The third-order valence-corrected chi connectivity index (χ3v) is 6.55. The third kappa shape index (κ3) is 3.48. The van der Waals surface area contributed by atoms with Crippen LogP contribution in [0, 0.1) is 6.92 Å². The van der Waals surface area contributed by atoms with Crippen molar-refractivity contribution in [3.63, 3.8) is 0 Å². The van der Waals surface area contributed by atoms with E-state index in [0.29, 0.717) is 16.4 Å². The lowest BCUT2D eigenvalue weighted by molar-refractivity contribution is 0.0216. The van der Waals surface area contributed by atoms with Gasteiger partial charge in [0.05, 0.1) is 5.39 Å². The summed E-state index contributed by atoms with van der Waals surface area (Å²) in [6.07, 6.45) is 6.90. The molecule has 3 heterocycles. The number of hydrogen-bond donors (Lipinski definition) is 1. The summed E-state index contributed by atoms with van der Waals surface area (Å²) >= 11 is 1.36. The number of anilines is 2. The van der Waals surface area contributed by atoms with Gasteiger partial charge in [0.25, 0.3) is 0 Å². The highest BCUT2D eigenvalue weighted by atomic mass is 32.1. The number of carbonyl (C=O) groups excluding carboxylic acids is 1. The fourth-order valence-corrected chi connectivity index (χ4v) is 4.89. The number of hydrogen-bond acceptors (Lipinski definition) is 8. The molecule has 0 radical (unpaired) electrons. The van der Waals surface area contributed by atoms with Crippen LogP contribution in [0.25, 0.3) is 10.2 Å². The fourth-order valence-electron chi connectivity index (χ4n) is 3.86. The quantitative estimate of drug-likeness (QED) is 0.608. The molecule has 1 aromatic carbocycles. The zero-order valence-corrected chi connectivity index (χ0v) is 16.9. The number of fused-ring (bicyclic) bond motifs is 2. The molecule has 0 spiro atoms. The van der Waals surface area contributed by atoms with Crippen molar-refractivity contribution in [2.24, 2.45) is 0 Å². The number of benzene rings is 1. The van der Waals surface area contributed by atoms with E-state index in [2.05, 4.69) is 15.3 Å². The van der Waals surface area contributed by atoms with Crippen LogP contribution in [0.2, 0.25) is 0 Å². The largest absolute Gasteiger partial charge is 0.458 e. The van der Waals surface area contributed by atoms with Gasteiger partial charge in [0.1, 0.15) is 28.0 Å². The summed E-state index contributed by atoms with van der Waals surface area (Å²) in [7, 11) is 0. The van der Waals surface area contributed by atoms with Crippen molar-refractivity contribution in [2.45, 2.75) is 45.1 Å². The fraction of sp³-hybridized carbons (Fsp3) is 0.381. The van der Waals surface area contributed by atoms with Crippen molar-refractivity contribution >= 4 is 39.0 Å². The average Bonchev–Trinajstić information content (AvgIpc) is 3.33. The molecule has 0 atom stereocenters. The Labute approximate surface area is 172 Å². The molecule has 150 valence electrons. The summed E-state index contributed by atoms with van der Waals surface area (Å²) in [6, 6.07) is 5.63. The highest BCUT2D eigenvalue weighted by molar-refractivity contribution is 7.20. The van der Waals surface area contributed by atoms with Crippen LogP contribution < -0.4 is 14.8 Å². The lowest BCUT2D eigenvalue weighted by Gasteiger charge is -2.21. The van der Waals surface area contributed by atoms with Crippen LogP contribution >= 0.6 is 11.3 Å². The highest BCUT2D eigenvalue weighted by Gasteiger charge is 2.24. The van der Waals surface area contributed by atoms with Crippen LogP contribution in [0.4, 0.5) is 11.5 Å². The Balaban J connectivity index is 1.44. The van der Waals surface area contributed by atoms with E-state index in [1.165, 1.54) is 24.1 Å². The number of ether oxygens (including phenoxy) is 3. The summed E-state index contributed by atoms with van der Waals surface area (Å²) in [5, 5.41) is 4.16. The van der Waals surface area contributed by atoms with E-state index in [0.717, 1.165) is 52.9 Å². The molecular weight excluding hydrogens is 390 g/mol. The maximum Gasteiger partial charge on any atom is 0.348 e. The molecule has 0 saturated heterocycles. The van der Waals surface area contributed by atoms with Crippen molar-refractivity contribution in [1.82, 2.24) is 9.97 Å². The summed E-state index contributed by atoms with van der Waals surface area (Å²) in [6.45, 7) is 2.15. The minimum absolute atomic E-state index is 0.0261. The monoisotopic (exact) mass is 411 g/mol. The SMILES string of the molecule is Cc1c(C(=O)OC2CCCCC2)sc2ncnc(Nc3ccc4c(c3)OCO4)c12. The van der Waals surface area contributed by atoms with Crippen molar-refractivity contribution in [3.05, 3.63) is 35.0 Å². The maximum atomic E-state index is 12.8. The number of nitrogens with zero attached hydrogens (tertiary/aromatic N) is 2. The molecule has 29 heavy (non-hydrogen) atoms. The van der Waals surface area contributed by atoms with Crippen LogP contribution in [-0.2, 0) is 4.74 Å². The molecule has 0 bridgehead atoms. The van der Waals surface area contributed by atoms with Gasteiger partial charge in [0.15, 0.2) is 11.5 Å². The predicted molar refractivity (Wildman–Crippen MR) is 110 cm³/mol. The second-order valence-corrected chi connectivity index (χ2v) is 8.32. The number of aryl methyl sites for hydroxylation is 1. The molecule has 0 unspecified atom stereocenters. The average molecular weight is 411 g/mol. The van der Waals surface area contributed by atoms with E-state index in [-0.39, 0.29) is 18.9 Å². The molecule has 2 aliphatic rings. The smallest absolute Gasteiger partial charge is 0.348 e. The second-order valence-electron chi connectivity index (χ2n) is 7.32. The van der Waals surface area contributed by atoms with Crippen LogP contribution in [0.5, 0.6) is 11.5 Å². The van der Waals surface area contributed by atoms with Crippen molar-refractivity contribution in [3.8, 4) is 11.5 Å². The Morgan fingerprint density at radius 1 is 1.17 bits per heavy atom. The van der Waals surface area contributed by atoms with E-state index in [4.69, 9.17) is 14.2 Å². The summed E-state index contributed by atoms with van der Waals surface area (Å²) < 4.78 is 16.6. The first kappa shape index (κ1) is 18.2. The Hall–Kier alpha value is -2.87. The highest BCUT2D eigenvalue weighted by Crippen LogP contribution is 2.38. The van der Waals surface area contributed by atoms with Gasteiger partial charge in [-0.3, -0.25) is 0 Å². The lowest BCUT2D eigenvalue weighted by Crippen LogP contribution is -2.20. The van der Waals surface area contributed by atoms with Gasteiger partial charge in [0.2, 0.25) is 6.79 Å². The normalized spacial score (nSPS) is 16.2. The molecule has 1 N–H and O–H groups in total. The number of carbonyl (C=O) groups is 1. The number of thiophene rings is 1. The van der Waals surface area contributed by atoms with Gasteiger partial charge >= 0.3 is 5.97 Å². The predicted octanol–water partition coefficient (Wildman–Crippen LogP) is 4.96. The molecule has 1 saturated carbocycles. The molecule has 8 heteroatoms. The first-order valence-corrected chi connectivity index (χ1v) is 10.6. The molecule has 0 amide bonds. The van der Waals surface area contributed by atoms with Gasteiger partial charge < -0.3 is 19.5 Å². The van der Waals surface area contributed by atoms with Crippen molar-refractivity contribution in [2.75, 3.05) is 12.1 Å². The summed E-state index contributed by atoms with van der Waals surface area (Å²) in [5.41, 5.74) is 1.67. The van der Waals surface area contributed by atoms with E-state index in [1.807, 2.05) is 25.1 Å². The molecule has 2 aromatic heterocycles. The van der Waals surface area contributed by atoms with E-state index >= 15 is 0 Å². The Kier molecular flexibility index (Phi) is 4.71. The number of esters is 1. The first-order chi connectivity index (χ1) is 14.2. The molecular formula is C21H21N3O4S. The van der Waals surface area contributed by atoms with E-state index in [9.17, 15) is 4.79 Å². The molecule has 1 aliphatic carbocycles. The van der Waals surface area contributed by atoms with Gasteiger partial charge in [-0.25, -0.2) is 14.8 Å². The van der Waals surface area contributed by atoms with E-state index in [1.54, 1.807) is 0 Å².